The van der Waals surface area contributed by atoms with Gasteiger partial charge in [-0.1, -0.05) is 24.3 Å². The summed E-state index contributed by atoms with van der Waals surface area (Å²) in [6, 6.07) is 8.92. The lowest BCUT2D eigenvalue weighted by molar-refractivity contribution is -0.110. The summed E-state index contributed by atoms with van der Waals surface area (Å²) in [6.07, 6.45) is 7.33. The highest BCUT2D eigenvalue weighted by atomic mass is 16.3. The van der Waals surface area contributed by atoms with Crippen LogP contribution in [0.3, 0.4) is 0 Å². The van der Waals surface area contributed by atoms with Gasteiger partial charge in [-0.25, -0.2) is 0 Å². The zero-order valence-electron chi connectivity index (χ0n) is 12.9. The third kappa shape index (κ3) is 4.91. The van der Waals surface area contributed by atoms with Crippen LogP contribution in [-0.2, 0) is 11.2 Å². The normalized spacial score (nSPS) is 11.3. The van der Waals surface area contributed by atoms with Crippen LogP contribution in [0.4, 0.5) is 0 Å². The lowest BCUT2D eigenvalue weighted by Crippen LogP contribution is -1.87. The number of aryl methyl sites for hydroxylation is 1. The molecule has 0 amide bonds. The Balaban J connectivity index is 1.85. The van der Waals surface area contributed by atoms with Gasteiger partial charge in [0.25, 0.3) is 0 Å². The van der Waals surface area contributed by atoms with E-state index in [0.717, 1.165) is 5.56 Å². The Kier molecular flexibility index (Phi) is 5.63. The molecule has 0 radical (unpaired) electrons. The summed E-state index contributed by atoms with van der Waals surface area (Å²) in [5.74, 6) is -0.963. The maximum absolute atomic E-state index is 11.7. The number of carbonyl (C=O) groups is 1. The van der Waals surface area contributed by atoms with Gasteiger partial charge in [-0.2, -0.15) is 0 Å². The minimum Gasteiger partial charge on any atom is -0.504 e. The molecular formula is C19H18O5. The van der Waals surface area contributed by atoms with Crippen LogP contribution in [0.1, 0.15) is 17.5 Å². The quantitative estimate of drug-likeness (QED) is 0.482. The van der Waals surface area contributed by atoms with Crippen molar-refractivity contribution in [1.82, 2.24) is 0 Å². The van der Waals surface area contributed by atoms with Gasteiger partial charge in [0.15, 0.2) is 28.8 Å². The maximum atomic E-state index is 11.7. The summed E-state index contributed by atoms with van der Waals surface area (Å²) in [7, 11) is 0. The molecule has 0 heterocycles. The van der Waals surface area contributed by atoms with Gasteiger partial charge in [0.1, 0.15) is 0 Å². The van der Waals surface area contributed by atoms with E-state index >= 15 is 0 Å². The molecule has 4 N–H and O–H groups in total. The van der Waals surface area contributed by atoms with Crippen molar-refractivity contribution in [1.29, 1.82) is 0 Å². The van der Waals surface area contributed by atoms with Gasteiger partial charge in [-0.15, -0.1) is 0 Å². The minimum absolute atomic E-state index is 0.158. The van der Waals surface area contributed by atoms with Crippen LogP contribution in [0.15, 0.2) is 54.6 Å². The van der Waals surface area contributed by atoms with Gasteiger partial charge in [-0.05, 0) is 60.4 Å². The number of rotatable bonds is 6. The average molecular weight is 326 g/mol. The first-order valence-corrected chi connectivity index (χ1v) is 7.37. The number of ketones is 1. The minimum atomic E-state index is -0.239. The summed E-state index contributed by atoms with van der Waals surface area (Å²) < 4.78 is 0. The van der Waals surface area contributed by atoms with E-state index in [1.807, 2.05) is 0 Å². The number of aromatic hydroxyl groups is 4. The fourth-order valence-corrected chi connectivity index (χ4v) is 2.05. The summed E-state index contributed by atoms with van der Waals surface area (Å²) in [5, 5.41) is 37.2. The Labute approximate surface area is 139 Å². The molecule has 2 rings (SSSR count). The lowest BCUT2D eigenvalue weighted by atomic mass is 10.1. The summed E-state index contributed by atoms with van der Waals surface area (Å²) in [5.41, 5.74) is 1.46. The van der Waals surface area contributed by atoms with Crippen molar-refractivity contribution >= 4 is 11.9 Å². The Morgan fingerprint density at radius 3 is 2.17 bits per heavy atom. The van der Waals surface area contributed by atoms with Crippen molar-refractivity contribution in [2.45, 2.75) is 12.8 Å². The third-order valence-electron chi connectivity index (χ3n) is 3.36. The van der Waals surface area contributed by atoms with E-state index in [0.29, 0.717) is 18.4 Å². The van der Waals surface area contributed by atoms with Crippen LogP contribution in [0.5, 0.6) is 23.0 Å². The summed E-state index contributed by atoms with van der Waals surface area (Å²) in [4.78, 5) is 11.7. The van der Waals surface area contributed by atoms with Crippen molar-refractivity contribution in [3.8, 4) is 23.0 Å². The molecule has 0 spiro atoms. The largest absolute Gasteiger partial charge is 0.504 e. The van der Waals surface area contributed by atoms with Crippen molar-refractivity contribution in [2.24, 2.45) is 0 Å². The third-order valence-corrected chi connectivity index (χ3v) is 3.36. The van der Waals surface area contributed by atoms with Gasteiger partial charge in [0.2, 0.25) is 0 Å². The number of benzene rings is 2. The number of carbonyl (C=O) groups excluding carboxylic acids is 1. The molecule has 0 unspecified atom stereocenters. The van der Waals surface area contributed by atoms with E-state index in [4.69, 9.17) is 0 Å². The zero-order valence-corrected chi connectivity index (χ0v) is 12.9. The molecular weight excluding hydrogens is 308 g/mol. The molecule has 0 bridgehead atoms. The van der Waals surface area contributed by atoms with Gasteiger partial charge in [-0.3, -0.25) is 4.79 Å². The van der Waals surface area contributed by atoms with E-state index in [9.17, 15) is 25.2 Å². The van der Waals surface area contributed by atoms with Crippen LogP contribution in [0.25, 0.3) is 6.08 Å². The summed E-state index contributed by atoms with van der Waals surface area (Å²) in [6.45, 7) is 0. The molecule has 0 saturated carbocycles. The Morgan fingerprint density at radius 1 is 0.833 bits per heavy atom. The van der Waals surface area contributed by atoms with Crippen molar-refractivity contribution < 1.29 is 25.2 Å². The maximum Gasteiger partial charge on any atom is 0.178 e. The Bertz CT molecular complexity index is 790. The molecule has 0 aliphatic heterocycles. The molecule has 0 fully saturated rings. The monoisotopic (exact) mass is 326 g/mol. The first-order valence-electron chi connectivity index (χ1n) is 7.37. The lowest BCUT2D eigenvalue weighted by Gasteiger charge is -2.01. The predicted molar refractivity (Wildman–Crippen MR) is 91.0 cm³/mol. The highest BCUT2D eigenvalue weighted by Crippen LogP contribution is 2.26. The first kappa shape index (κ1) is 17.1. The van der Waals surface area contributed by atoms with Crippen LogP contribution < -0.4 is 0 Å². The second-order valence-corrected chi connectivity index (χ2v) is 5.25. The summed E-state index contributed by atoms with van der Waals surface area (Å²) >= 11 is 0. The van der Waals surface area contributed by atoms with Crippen LogP contribution in [0, 0.1) is 0 Å². The fourth-order valence-electron chi connectivity index (χ4n) is 2.05. The van der Waals surface area contributed by atoms with Gasteiger partial charge < -0.3 is 20.4 Å². The van der Waals surface area contributed by atoms with Gasteiger partial charge in [0.05, 0.1) is 0 Å². The van der Waals surface area contributed by atoms with Gasteiger partial charge in [0, 0.05) is 0 Å². The van der Waals surface area contributed by atoms with E-state index in [2.05, 4.69) is 0 Å². The highest BCUT2D eigenvalue weighted by molar-refractivity contribution is 6.01. The zero-order chi connectivity index (χ0) is 17.5. The smallest absolute Gasteiger partial charge is 0.178 e. The van der Waals surface area contributed by atoms with Crippen LogP contribution in [0.2, 0.25) is 0 Å². The second kappa shape index (κ2) is 7.87. The van der Waals surface area contributed by atoms with E-state index in [-0.39, 0.29) is 28.8 Å². The average Bonchev–Trinajstić information content (AvgIpc) is 2.56. The molecule has 24 heavy (non-hydrogen) atoms. The number of phenolic OH excluding ortho intramolecular Hbond substituents is 4. The number of hydrogen-bond acceptors (Lipinski definition) is 5. The second-order valence-electron chi connectivity index (χ2n) is 5.25. The van der Waals surface area contributed by atoms with Crippen molar-refractivity contribution in [3.63, 3.8) is 0 Å². The molecule has 2 aromatic rings. The van der Waals surface area contributed by atoms with E-state index in [1.165, 1.54) is 36.4 Å². The van der Waals surface area contributed by atoms with Gasteiger partial charge >= 0.3 is 0 Å². The van der Waals surface area contributed by atoms with Crippen molar-refractivity contribution in [2.75, 3.05) is 0 Å². The molecule has 0 aromatic heterocycles. The predicted octanol–water partition coefficient (Wildman–Crippen LogP) is 3.28. The van der Waals surface area contributed by atoms with Crippen molar-refractivity contribution in [3.05, 3.63) is 65.8 Å². The van der Waals surface area contributed by atoms with Crippen LogP contribution in [-0.4, -0.2) is 26.2 Å². The number of allylic oxidation sites excluding steroid dienone is 3. The molecule has 5 nitrogen and oxygen atoms in total. The molecule has 0 atom stereocenters. The molecule has 5 heteroatoms. The SMILES string of the molecule is O=C(/C=C/CCc1ccc(O)c(O)c1)/C=C/c1ccc(O)c(O)c1. The Morgan fingerprint density at radius 2 is 1.50 bits per heavy atom. The topological polar surface area (TPSA) is 98.0 Å². The molecule has 124 valence electrons. The molecule has 0 aliphatic rings. The standard InChI is InChI=1S/C19H18O5/c20-15(8-5-14-7-10-17(22)19(24)12-14)4-2-1-3-13-6-9-16(21)18(23)11-13/h2,4-12,21-24H,1,3H2/b4-2+,8-5+. The molecule has 0 aliphatic carbocycles. The Hall–Kier alpha value is -3.21. The van der Waals surface area contributed by atoms with E-state index in [1.54, 1.807) is 24.3 Å². The van der Waals surface area contributed by atoms with Crippen LogP contribution >= 0.6 is 0 Å². The number of hydrogen-bond donors (Lipinski definition) is 4. The fraction of sp³-hybridized carbons (Fsp3) is 0.105. The molecule has 0 saturated heterocycles. The first-order chi connectivity index (χ1) is 11.5. The number of phenols is 4. The molecule has 2 aromatic carbocycles. The highest BCUT2D eigenvalue weighted by Gasteiger charge is 2.00. The van der Waals surface area contributed by atoms with E-state index < -0.39 is 0 Å².